The highest BCUT2D eigenvalue weighted by Crippen LogP contribution is 2.24. The van der Waals surface area contributed by atoms with E-state index < -0.39 is 0 Å². The Kier molecular flexibility index (Phi) is 5.51. The van der Waals surface area contributed by atoms with E-state index in [4.69, 9.17) is 15.3 Å². The predicted molar refractivity (Wildman–Crippen MR) is 79.6 cm³/mol. The van der Waals surface area contributed by atoms with E-state index >= 15 is 0 Å². The highest BCUT2D eigenvalue weighted by atomic mass is 32.2. The average molecular weight is 282 g/mol. The van der Waals surface area contributed by atoms with E-state index in [-0.39, 0.29) is 12.1 Å². The van der Waals surface area contributed by atoms with Crippen LogP contribution in [0.25, 0.3) is 0 Å². The summed E-state index contributed by atoms with van der Waals surface area (Å²) < 4.78 is 11.2. The summed E-state index contributed by atoms with van der Waals surface area (Å²) >= 11 is 1.92. The summed E-state index contributed by atoms with van der Waals surface area (Å²) in [5, 5.41) is 0. The molecule has 0 radical (unpaired) electrons. The quantitative estimate of drug-likeness (QED) is 0.633. The highest BCUT2D eigenvalue weighted by molar-refractivity contribution is 7.99. The van der Waals surface area contributed by atoms with Crippen molar-refractivity contribution in [1.29, 1.82) is 0 Å². The van der Waals surface area contributed by atoms with Crippen LogP contribution >= 0.6 is 11.8 Å². The molecule has 1 aliphatic heterocycles. The molecule has 4 nitrogen and oxygen atoms in total. The fourth-order valence-corrected chi connectivity index (χ4v) is 3.28. The molecule has 3 N–H and O–H groups in total. The molecule has 0 saturated carbocycles. The van der Waals surface area contributed by atoms with Crippen LogP contribution in [0, 0.1) is 6.92 Å². The summed E-state index contributed by atoms with van der Waals surface area (Å²) in [6.07, 6.45) is 0.973. The van der Waals surface area contributed by atoms with Gasteiger partial charge in [0.25, 0.3) is 0 Å². The van der Waals surface area contributed by atoms with Crippen molar-refractivity contribution in [1.82, 2.24) is 5.43 Å². The number of nitrogens with one attached hydrogen (secondary N) is 1. The van der Waals surface area contributed by atoms with Crippen LogP contribution in [-0.4, -0.2) is 37.4 Å². The minimum atomic E-state index is 0.114. The van der Waals surface area contributed by atoms with Gasteiger partial charge in [-0.1, -0.05) is 17.7 Å². The number of rotatable bonds is 5. The molecular weight excluding hydrogens is 260 g/mol. The van der Waals surface area contributed by atoms with E-state index in [2.05, 4.69) is 24.5 Å². The summed E-state index contributed by atoms with van der Waals surface area (Å²) in [4.78, 5) is 0. The molecule has 0 aliphatic carbocycles. The van der Waals surface area contributed by atoms with Crippen LogP contribution < -0.4 is 16.0 Å². The van der Waals surface area contributed by atoms with Gasteiger partial charge in [0, 0.05) is 11.5 Å². The van der Waals surface area contributed by atoms with Crippen molar-refractivity contribution in [2.75, 3.05) is 25.2 Å². The number of hydrogen-bond donors (Lipinski definition) is 2. The number of nitrogens with two attached hydrogens (primary N) is 1. The third kappa shape index (κ3) is 3.86. The fourth-order valence-electron chi connectivity index (χ4n) is 2.34. The van der Waals surface area contributed by atoms with Crippen LogP contribution in [0.1, 0.15) is 11.1 Å². The lowest BCUT2D eigenvalue weighted by Gasteiger charge is -2.30. The van der Waals surface area contributed by atoms with Gasteiger partial charge in [-0.15, -0.1) is 0 Å². The molecule has 106 valence electrons. The van der Waals surface area contributed by atoms with E-state index in [0.29, 0.717) is 0 Å². The van der Waals surface area contributed by atoms with Gasteiger partial charge in [-0.3, -0.25) is 11.3 Å². The molecule has 0 bridgehead atoms. The highest BCUT2D eigenvalue weighted by Gasteiger charge is 2.25. The average Bonchev–Trinajstić information content (AvgIpc) is 2.46. The van der Waals surface area contributed by atoms with Crippen LogP contribution in [-0.2, 0) is 11.2 Å². The second-order valence-electron chi connectivity index (χ2n) is 4.78. The van der Waals surface area contributed by atoms with Gasteiger partial charge < -0.3 is 9.47 Å². The smallest absolute Gasteiger partial charge is 0.122 e. The third-order valence-corrected chi connectivity index (χ3v) is 4.40. The Hall–Kier alpha value is -0.750. The summed E-state index contributed by atoms with van der Waals surface area (Å²) in [5.41, 5.74) is 5.30. The lowest BCUT2D eigenvalue weighted by Crippen LogP contribution is -2.49. The maximum absolute atomic E-state index is 5.80. The molecule has 5 heteroatoms. The summed E-state index contributed by atoms with van der Waals surface area (Å²) in [7, 11) is 1.70. The van der Waals surface area contributed by atoms with Crippen molar-refractivity contribution in [3.05, 3.63) is 29.3 Å². The summed E-state index contributed by atoms with van der Waals surface area (Å²) in [6, 6.07) is 6.33. The lowest BCUT2D eigenvalue weighted by molar-refractivity contribution is 0.0470. The van der Waals surface area contributed by atoms with Gasteiger partial charge in [0.2, 0.25) is 0 Å². The first-order chi connectivity index (χ1) is 9.24. The van der Waals surface area contributed by atoms with Crippen LogP contribution in [0.5, 0.6) is 5.75 Å². The van der Waals surface area contributed by atoms with Crippen molar-refractivity contribution in [3.8, 4) is 5.75 Å². The molecule has 1 fully saturated rings. The zero-order valence-electron chi connectivity index (χ0n) is 11.5. The Bertz CT molecular complexity index is 408. The first-order valence-corrected chi connectivity index (χ1v) is 7.69. The Morgan fingerprint density at radius 2 is 2.42 bits per heavy atom. The SMILES string of the molecule is COc1ccc(C)cc1CC(NN)C1CSCCO1. The standard InChI is InChI=1S/C14H22N2O2S/c1-10-3-4-13(17-2)11(7-10)8-12(16-15)14-9-19-6-5-18-14/h3-4,7,12,14,16H,5-6,8-9,15H2,1-2H3. The molecular formula is C14H22N2O2S. The maximum Gasteiger partial charge on any atom is 0.122 e. The van der Waals surface area contributed by atoms with Crippen LogP contribution in [0.2, 0.25) is 0 Å². The van der Waals surface area contributed by atoms with Gasteiger partial charge in [-0.25, -0.2) is 0 Å². The first kappa shape index (κ1) is 14.7. The zero-order valence-corrected chi connectivity index (χ0v) is 12.3. The van der Waals surface area contributed by atoms with E-state index in [9.17, 15) is 0 Å². The van der Waals surface area contributed by atoms with Crippen molar-refractivity contribution >= 4 is 11.8 Å². The topological polar surface area (TPSA) is 56.5 Å². The van der Waals surface area contributed by atoms with Crippen LogP contribution in [0.15, 0.2) is 18.2 Å². The van der Waals surface area contributed by atoms with Gasteiger partial charge >= 0.3 is 0 Å². The van der Waals surface area contributed by atoms with Crippen molar-refractivity contribution < 1.29 is 9.47 Å². The summed E-state index contributed by atoms with van der Waals surface area (Å²) in [6.45, 7) is 2.89. The molecule has 0 aromatic heterocycles. The van der Waals surface area contributed by atoms with Gasteiger partial charge in [-0.05, 0) is 25.0 Å². The number of hydrogen-bond acceptors (Lipinski definition) is 5. The Balaban J connectivity index is 2.10. The molecule has 1 aliphatic rings. The maximum atomic E-state index is 5.80. The van der Waals surface area contributed by atoms with E-state index in [1.807, 2.05) is 17.8 Å². The summed E-state index contributed by atoms with van der Waals surface area (Å²) in [5.74, 6) is 8.67. The molecule has 2 rings (SSSR count). The van der Waals surface area contributed by atoms with Crippen LogP contribution in [0.4, 0.5) is 0 Å². The normalized spacial score (nSPS) is 21.1. The molecule has 1 aromatic carbocycles. The molecule has 1 saturated heterocycles. The van der Waals surface area contributed by atoms with Gasteiger partial charge in [0.1, 0.15) is 5.75 Å². The minimum Gasteiger partial charge on any atom is -0.496 e. The second kappa shape index (κ2) is 7.14. The van der Waals surface area contributed by atoms with Crippen molar-refractivity contribution in [2.45, 2.75) is 25.5 Å². The number of methoxy groups -OCH3 is 1. The fraction of sp³-hybridized carbons (Fsp3) is 0.571. The number of benzene rings is 1. The van der Waals surface area contributed by atoms with Gasteiger partial charge in [0.15, 0.2) is 0 Å². The number of ether oxygens (including phenoxy) is 2. The predicted octanol–water partition coefficient (Wildman–Crippen LogP) is 1.51. The molecule has 0 amide bonds. The van der Waals surface area contributed by atoms with Gasteiger partial charge in [0.05, 0.1) is 25.9 Å². The lowest BCUT2D eigenvalue weighted by atomic mass is 10.00. The van der Waals surface area contributed by atoms with Crippen LogP contribution in [0.3, 0.4) is 0 Å². The van der Waals surface area contributed by atoms with E-state index in [1.165, 1.54) is 11.1 Å². The number of thioether (sulfide) groups is 1. The van der Waals surface area contributed by atoms with Crippen molar-refractivity contribution in [3.63, 3.8) is 0 Å². The van der Waals surface area contributed by atoms with E-state index in [1.54, 1.807) is 7.11 Å². The Morgan fingerprint density at radius 3 is 3.05 bits per heavy atom. The molecule has 1 aromatic rings. The molecule has 2 atom stereocenters. The molecule has 0 spiro atoms. The largest absolute Gasteiger partial charge is 0.496 e. The Morgan fingerprint density at radius 1 is 1.58 bits per heavy atom. The third-order valence-electron chi connectivity index (χ3n) is 3.38. The van der Waals surface area contributed by atoms with E-state index in [0.717, 1.165) is 30.3 Å². The molecule has 1 heterocycles. The molecule has 19 heavy (non-hydrogen) atoms. The number of aryl methyl sites for hydroxylation is 1. The monoisotopic (exact) mass is 282 g/mol. The zero-order chi connectivity index (χ0) is 13.7. The molecule has 2 unspecified atom stereocenters. The van der Waals surface area contributed by atoms with Crippen molar-refractivity contribution in [2.24, 2.45) is 5.84 Å². The Labute approximate surface area is 119 Å². The van der Waals surface area contributed by atoms with Gasteiger partial charge in [-0.2, -0.15) is 11.8 Å². The second-order valence-corrected chi connectivity index (χ2v) is 5.93. The first-order valence-electron chi connectivity index (χ1n) is 6.53. The number of hydrazine groups is 1. The minimum absolute atomic E-state index is 0.114.